The van der Waals surface area contributed by atoms with E-state index in [9.17, 15) is 4.79 Å². The minimum Gasteiger partial charge on any atom is -0.442 e. The number of nitrogens with two attached hydrogens (primary N) is 1. The first kappa shape index (κ1) is 13.4. The highest BCUT2D eigenvalue weighted by Gasteiger charge is 2.20. The molecule has 0 saturated heterocycles. The zero-order valence-electron chi connectivity index (χ0n) is 10.3. The number of rotatable bonds is 1. The quantitative estimate of drug-likeness (QED) is 0.743. The average Bonchev–Trinajstić information content (AvgIpc) is 2.42. The van der Waals surface area contributed by atoms with Crippen LogP contribution in [0.25, 0.3) is 0 Å². The van der Waals surface area contributed by atoms with Crippen LogP contribution in [0.5, 0.6) is 0 Å². The number of aryl methyl sites for hydroxylation is 1. The Kier molecular flexibility index (Phi) is 3.72. The monoisotopic (exact) mass is 256 g/mol. The number of aromatic nitrogens is 2. The molecule has 0 amide bonds. The van der Waals surface area contributed by atoms with E-state index in [1.807, 2.05) is 0 Å². The lowest BCUT2D eigenvalue weighted by Gasteiger charge is -2.19. The smallest absolute Gasteiger partial charge is 0.435 e. The van der Waals surface area contributed by atoms with Crippen LogP contribution in [0.1, 0.15) is 26.5 Å². The number of anilines is 1. The summed E-state index contributed by atoms with van der Waals surface area (Å²) in [5.41, 5.74) is 5.39. The summed E-state index contributed by atoms with van der Waals surface area (Å²) < 4.78 is 6.35. The Morgan fingerprint density at radius 3 is 2.65 bits per heavy atom. The predicted octanol–water partition coefficient (Wildman–Crippen LogP) is 1.63. The maximum absolute atomic E-state index is 11.8. The molecule has 0 aliphatic heterocycles. The Labute approximate surface area is 105 Å². The molecule has 0 aromatic carbocycles. The van der Waals surface area contributed by atoms with E-state index in [2.05, 4.69) is 22.6 Å². The van der Waals surface area contributed by atoms with E-state index < -0.39 is 11.7 Å². The van der Waals surface area contributed by atoms with Crippen LogP contribution in [0.15, 0.2) is 6.07 Å². The van der Waals surface area contributed by atoms with Gasteiger partial charge in [0, 0.05) is 11.8 Å². The largest absolute Gasteiger partial charge is 0.442 e. The Hall–Kier alpha value is -1.63. The number of carbonyl (C=O) groups is 1. The zero-order valence-corrected chi connectivity index (χ0v) is 11.1. The minimum absolute atomic E-state index is 0.0961. The van der Waals surface area contributed by atoms with E-state index in [1.165, 1.54) is 0 Å². The number of thiocarbonyl (C=S) groups is 1. The van der Waals surface area contributed by atoms with Gasteiger partial charge in [0.25, 0.3) is 0 Å². The summed E-state index contributed by atoms with van der Waals surface area (Å²) in [6, 6.07) is 1.66. The lowest BCUT2D eigenvalue weighted by molar-refractivity contribution is 0.0511. The SMILES string of the molecule is Cc1cc(NC(N)=S)nn1C(=O)OC(C)(C)C. The second-order valence-electron chi connectivity index (χ2n) is 4.55. The highest BCUT2D eigenvalue weighted by Crippen LogP contribution is 2.13. The van der Waals surface area contributed by atoms with Crippen molar-refractivity contribution in [3.05, 3.63) is 11.8 Å². The third-order valence-corrected chi connectivity index (χ3v) is 1.81. The molecule has 6 nitrogen and oxygen atoms in total. The summed E-state index contributed by atoms with van der Waals surface area (Å²) in [5.74, 6) is 0.417. The number of hydrogen-bond acceptors (Lipinski definition) is 4. The lowest BCUT2D eigenvalue weighted by Crippen LogP contribution is -2.28. The third kappa shape index (κ3) is 4.03. The molecule has 17 heavy (non-hydrogen) atoms. The number of carbonyl (C=O) groups excluding carboxylic acids is 1. The number of nitrogens with zero attached hydrogens (tertiary/aromatic N) is 2. The molecule has 0 aliphatic carbocycles. The van der Waals surface area contributed by atoms with Crippen molar-refractivity contribution in [1.29, 1.82) is 0 Å². The van der Waals surface area contributed by atoms with Crippen LogP contribution >= 0.6 is 12.2 Å². The molecule has 0 unspecified atom stereocenters. The molecule has 3 N–H and O–H groups in total. The second kappa shape index (κ2) is 4.70. The molecule has 0 radical (unpaired) electrons. The van der Waals surface area contributed by atoms with Gasteiger partial charge in [-0.05, 0) is 39.9 Å². The standard InChI is InChI=1S/C10H16N4O2S/c1-6-5-7(12-8(11)17)13-14(6)9(15)16-10(2,3)4/h5H,1-4H3,(H3,11,12,13,17). The normalized spacial score (nSPS) is 11.1. The van der Waals surface area contributed by atoms with Gasteiger partial charge in [-0.2, -0.15) is 4.68 Å². The van der Waals surface area contributed by atoms with Gasteiger partial charge in [0.1, 0.15) is 5.60 Å². The van der Waals surface area contributed by atoms with Crippen molar-refractivity contribution in [2.24, 2.45) is 5.73 Å². The fraction of sp³-hybridized carbons (Fsp3) is 0.500. The topological polar surface area (TPSA) is 82.2 Å². The van der Waals surface area contributed by atoms with Gasteiger partial charge in [-0.3, -0.25) is 0 Å². The van der Waals surface area contributed by atoms with Gasteiger partial charge in [-0.15, -0.1) is 5.10 Å². The first-order chi connectivity index (χ1) is 7.69. The molecule has 0 saturated carbocycles. The summed E-state index contributed by atoms with van der Waals surface area (Å²) in [7, 11) is 0. The molecule has 94 valence electrons. The van der Waals surface area contributed by atoms with E-state index in [-0.39, 0.29) is 5.11 Å². The maximum Gasteiger partial charge on any atom is 0.435 e. The van der Waals surface area contributed by atoms with Crippen LogP contribution in [-0.4, -0.2) is 26.6 Å². The van der Waals surface area contributed by atoms with E-state index in [1.54, 1.807) is 33.8 Å². The van der Waals surface area contributed by atoms with Gasteiger partial charge >= 0.3 is 6.09 Å². The van der Waals surface area contributed by atoms with Crippen molar-refractivity contribution in [3.63, 3.8) is 0 Å². The van der Waals surface area contributed by atoms with Crippen molar-refractivity contribution in [2.45, 2.75) is 33.3 Å². The average molecular weight is 256 g/mol. The summed E-state index contributed by atoms with van der Waals surface area (Å²) in [5, 5.41) is 6.75. The molecule has 1 rings (SSSR count). The second-order valence-corrected chi connectivity index (χ2v) is 4.99. The van der Waals surface area contributed by atoms with Gasteiger partial charge in [0.05, 0.1) is 0 Å². The van der Waals surface area contributed by atoms with Gasteiger partial charge in [-0.1, -0.05) is 0 Å². The highest BCUT2D eigenvalue weighted by molar-refractivity contribution is 7.80. The molecule has 0 fully saturated rings. The third-order valence-electron chi connectivity index (χ3n) is 1.71. The van der Waals surface area contributed by atoms with Crippen molar-refractivity contribution >= 4 is 29.2 Å². The lowest BCUT2D eigenvalue weighted by atomic mass is 10.2. The van der Waals surface area contributed by atoms with Crippen LogP contribution in [0.4, 0.5) is 10.6 Å². The summed E-state index contributed by atoms with van der Waals surface area (Å²) in [6.45, 7) is 7.11. The Balaban J connectivity index is 2.88. The molecule has 0 aliphatic rings. The molecule has 1 heterocycles. The summed E-state index contributed by atoms with van der Waals surface area (Å²) in [6.07, 6.45) is -0.536. The van der Waals surface area contributed by atoms with Crippen LogP contribution in [0.2, 0.25) is 0 Å². The molecule has 1 aromatic rings. The van der Waals surface area contributed by atoms with Gasteiger partial charge in [0.2, 0.25) is 0 Å². The van der Waals surface area contributed by atoms with Gasteiger partial charge in [-0.25, -0.2) is 4.79 Å². The van der Waals surface area contributed by atoms with Crippen LogP contribution in [-0.2, 0) is 4.74 Å². The first-order valence-corrected chi connectivity index (χ1v) is 5.46. The summed E-state index contributed by atoms with van der Waals surface area (Å²) >= 11 is 4.68. The van der Waals surface area contributed by atoms with E-state index >= 15 is 0 Å². The van der Waals surface area contributed by atoms with Gasteiger partial charge < -0.3 is 15.8 Å². The van der Waals surface area contributed by atoms with E-state index in [0.717, 1.165) is 4.68 Å². The first-order valence-electron chi connectivity index (χ1n) is 5.05. The Morgan fingerprint density at radius 2 is 2.18 bits per heavy atom. The number of ether oxygens (including phenoxy) is 1. The Bertz CT molecular complexity index is 448. The summed E-state index contributed by atoms with van der Waals surface area (Å²) in [4.78, 5) is 11.8. The fourth-order valence-corrected chi connectivity index (χ4v) is 1.26. The van der Waals surface area contributed by atoms with Crippen molar-refractivity contribution in [1.82, 2.24) is 9.78 Å². The molecule has 0 spiro atoms. The van der Waals surface area contributed by atoms with Crippen molar-refractivity contribution in [2.75, 3.05) is 5.32 Å². The molecular formula is C10H16N4O2S. The van der Waals surface area contributed by atoms with Crippen LogP contribution in [0.3, 0.4) is 0 Å². The zero-order chi connectivity index (χ0) is 13.2. The van der Waals surface area contributed by atoms with Crippen molar-refractivity contribution in [3.8, 4) is 0 Å². The fourth-order valence-electron chi connectivity index (χ4n) is 1.15. The maximum atomic E-state index is 11.8. The van der Waals surface area contributed by atoms with Crippen molar-refractivity contribution < 1.29 is 9.53 Å². The van der Waals surface area contributed by atoms with Gasteiger partial charge in [0.15, 0.2) is 10.9 Å². The number of hydrogen-bond donors (Lipinski definition) is 2. The molecular weight excluding hydrogens is 240 g/mol. The molecule has 7 heteroatoms. The Morgan fingerprint density at radius 1 is 1.59 bits per heavy atom. The predicted molar refractivity (Wildman–Crippen MR) is 69.0 cm³/mol. The minimum atomic E-state index is -0.563. The number of nitrogens with one attached hydrogen (secondary N) is 1. The molecule has 0 bridgehead atoms. The molecule has 0 atom stereocenters. The van der Waals surface area contributed by atoms with Crippen LogP contribution in [0, 0.1) is 6.92 Å². The molecule has 1 aromatic heterocycles. The van der Waals surface area contributed by atoms with E-state index in [0.29, 0.717) is 11.5 Å². The van der Waals surface area contributed by atoms with Crippen LogP contribution < -0.4 is 11.1 Å². The highest BCUT2D eigenvalue weighted by atomic mass is 32.1. The van der Waals surface area contributed by atoms with E-state index in [4.69, 9.17) is 10.5 Å².